The molecule has 0 spiro atoms. The molecule has 10 aliphatic rings. The van der Waals surface area contributed by atoms with Crippen LogP contribution >= 0.6 is 0 Å². The van der Waals surface area contributed by atoms with Crippen molar-refractivity contribution in [2.24, 2.45) is 100 Å². The molecule has 8 saturated carbocycles. The monoisotopic (exact) mass is 1180 g/mol. The molecule has 0 aromatic carbocycles. The number of ether oxygens (including phenoxy) is 5. The molecule has 0 aromatic heterocycles. The highest BCUT2D eigenvalue weighted by atomic mass is 16.6. The number of fused-ring (bicyclic) bond motifs is 14. The highest BCUT2D eigenvalue weighted by molar-refractivity contribution is 5.85. The molecule has 0 saturated heterocycles. The van der Waals surface area contributed by atoms with Gasteiger partial charge in [-0.05, 0) is 220 Å². The van der Waals surface area contributed by atoms with E-state index in [2.05, 4.69) is 120 Å². The van der Waals surface area contributed by atoms with Gasteiger partial charge in [0.2, 0.25) is 11.8 Å². The second kappa shape index (κ2) is 23.2. The van der Waals surface area contributed by atoms with Gasteiger partial charge in [0, 0.05) is 51.0 Å². The average molecular weight is 1180 g/mol. The zero-order valence-electron chi connectivity index (χ0n) is 56.7. The van der Waals surface area contributed by atoms with Crippen molar-refractivity contribution < 1.29 is 42.9 Å². The topological polar surface area (TPSA) is 138 Å². The summed E-state index contributed by atoms with van der Waals surface area (Å²) in [7, 11) is 0. The first-order chi connectivity index (χ1) is 39.7. The van der Waals surface area contributed by atoms with Crippen LogP contribution in [-0.4, -0.2) is 88.7 Å². The smallest absolute Gasteiger partial charge is 0.302 e. The third kappa shape index (κ3) is 10.8. The van der Waals surface area contributed by atoms with Crippen LogP contribution in [0.25, 0.3) is 0 Å². The van der Waals surface area contributed by atoms with Crippen molar-refractivity contribution in [1.82, 2.24) is 10.6 Å². The van der Waals surface area contributed by atoms with Crippen molar-refractivity contribution in [3.05, 3.63) is 23.3 Å². The molecular formula is C74H120N2O9. The molecular weight excluding hydrogens is 1060 g/mol. The molecule has 2 amide bonds. The molecule has 85 heavy (non-hydrogen) atoms. The van der Waals surface area contributed by atoms with Crippen LogP contribution in [0, 0.1) is 100 Å². The standard InChI is InChI=1S/C74H120N2O9/c1-49(77)84-59-25-27-67(11)55(65(59,7)8)23-29-71(15)57(67)21-19-51-53-47-63(3,4)31-35-73(53,37-33-69(51,71)13)61(79)75-39-17-41-81-43-45-83-46-44-82-42-18-40-76-62(80)74-36-32-64(5,6)48-54(74)52-20-22-58-68(12)28-26-60(85-50(2)78)66(9,10)56(68)24-30-72(58,16)70(52,14)34-38-74/h19-20,53-60H,17-18,21-48H2,1-16H3,(H,75,79)(H,76,80)/t53-,54-,55-,56-,57+,58+,59-,60-,67-,68-,69+,70+,71+,72+,73-,74-/m0/s1. The molecule has 10 aliphatic carbocycles. The lowest BCUT2D eigenvalue weighted by Crippen LogP contribution is -2.65. The van der Waals surface area contributed by atoms with Crippen molar-refractivity contribution in [3.63, 3.8) is 0 Å². The van der Waals surface area contributed by atoms with E-state index < -0.39 is 0 Å². The van der Waals surface area contributed by atoms with Crippen LogP contribution < -0.4 is 10.6 Å². The van der Waals surface area contributed by atoms with Gasteiger partial charge in [-0.1, -0.05) is 120 Å². The molecule has 2 N–H and O–H groups in total. The van der Waals surface area contributed by atoms with Gasteiger partial charge in [-0.15, -0.1) is 0 Å². The number of hydrogen-bond acceptors (Lipinski definition) is 9. The average Bonchev–Trinajstić information content (AvgIpc) is 0.704. The number of rotatable bonds is 18. The number of allylic oxidation sites excluding steroid dienone is 4. The molecule has 480 valence electrons. The van der Waals surface area contributed by atoms with Gasteiger partial charge in [-0.3, -0.25) is 19.2 Å². The van der Waals surface area contributed by atoms with E-state index in [0.717, 1.165) is 128 Å². The van der Waals surface area contributed by atoms with Gasteiger partial charge in [0.15, 0.2) is 0 Å². The Morgan fingerprint density at radius 2 is 0.788 bits per heavy atom. The number of carbonyl (C=O) groups is 4. The highest BCUT2D eigenvalue weighted by Crippen LogP contribution is 2.78. The molecule has 0 aliphatic heterocycles. The fourth-order valence-corrected chi connectivity index (χ4v) is 23.7. The van der Waals surface area contributed by atoms with Crippen LogP contribution in [-0.2, 0) is 42.9 Å². The maximum absolute atomic E-state index is 14.7. The van der Waals surface area contributed by atoms with E-state index in [1.165, 1.54) is 12.8 Å². The number of hydrogen-bond donors (Lipinski definition) is 2. The molecule has 10 rings (SSSR count). The Morgan fingerprint density at radius 3 is 1.15 bits per heavy atom. The quantitative estimate of drug-likeness (QED) is 0.0780. The maximum Gasteiger partial charge on any atom is 0.302 e. The molecule has 11 nitrogen and oxygen atoms in total. The first-order valence-electron chi connectivity index (χ1n) is 34.8. The minimum absolute atomic E-state index is 0.0232. The van der Waals surface area contributed by atoms with E-state index in [0.29, 0.717) is 76.4 Å². The Labute approximate surface area is 515 Å². The predicted molar refractivity (Wildman–Crippen MR) is 337 cm³/mol. The third-order valence-electron chi connectivity index (χ3n) is 28.9. The molecule has 16 atom stereocenters. The Hall–Kier alpha value is -2.76. The first kappa shape index (κ1) is 65.2. The Bertz CT molecular complexity index is 2410. The predicted octanol–water partition coefficient (Wildman–Crippen LogP) is 15.5. The molecule has 11 heteroatoms. The van der Waals surface area contributed by atoms with Gasteiger partial charge >= 0.3 is 11.9 Å². The minimum atomic E-state index is -0.362. The summed E-state index contributed by atoms with van der Waals surface area (Å²) in [5, 5.41) is 6.92. The molecule has 0 heterocycles. The van der Waals surface area contributed by atoms with E-state index in [4.69, 9.17) is 23.7 Å². The van der Waals surface area contributed by atoms with Gasteiger partial charge in [0.1, 0.15) is 12.2 Å². The van der Waals surface area contributed by atoms with Crippen LogP contribution in [0.3, 0.4) is 0 Å². The zero-order valence-corrected chi connectivity index (χ0v) is 56.7. The van der Waals surface area contributed by atoms with E-state index in [9.17, 15) is 19.2 Å². The summed E-state index contributed by atoms with van der Waals surface area (Å²) in [5.41, 5.74) is 3.46. The summed E-state index contributed by atoms with van der Waals surface area (Å²) in [5.74, 6) is 2.84. The Morgan fingerprint density at radius 1 is 0.435 bits per heavy atom. The fraction of sp³-hybridized carbons (Fsp3) is 0.892. The number of nitrogens with one attached hydrogen (secondary N) is 2. The van der Waals surface area contributed by atoms with E-state index in [1.54, 1.807) is 25.0 Å². The Balaban J connectivity index is 0.642. The summed E-state index contributed by atoms with van der Waals surface area (Å²) < 4.78 is 29.9. The van der Waals surface area contributed by atoms with Gasteiger partial charge in [0.25, 0.3) is 0 Å². The van der Waals surface area contributed by atoms with Gasteiger partial charge in [-0.25, -0.2) is 0 Å². The summed E-state index contributed by atoms with van der Waals surface area (Å²) in [4.78, 5) is 53.8. The van der Waals surface area contributed by atoms with Gasteiger partial charge in [-0.2, -0.15) is 0 Å². The molecule has 0 radical (unpaired) electrons. The molecule has 8 fully saturated rings. The van der Waals surface area contributed by atoms with Gasteiger partial charge < -0.3 is 34.3 Å². The normalized spacial score (nSPS) is 43.3. The lowest BCUT2D eigenvalue weighted by atomic mass is 9.33. The van der Waals surface area contributed by atoms with Crippen LogP contribution in [0.15, 0.2) is 23.3 Å². The number of amides is 2. The summed E-state index contributed by atoms with van der Waals surface area (Å²) >= 11 is 0. The van der Waals surface area contributed by atoms with Crippen molar-refractivity contribution in [2.45, 2.75) is 264 Å². The minimum Gasteiger partial charge on any atom is -0.462 e. The maximum atomic E-state index is 14.7. The van der Waals surface area contributed by atoms with E-state index >= 15 is 0 Å². The molecule has 0 unspecified atom stereocenters. The fourth-order valence-electron chi connectivity index (χ4n) is 23.7. The lowest BCUT2D eigenvalue weighted by molar-refractivity contribution is -0.212. The van der Waals surface area contributed by atoms with Crippen LogP contribution in [0.4, 0.5) is 0 Å². The van der Waals surface area contributed by atoms with E-state index in [1.807, 2.05) is 0 Å². The third-order valence-corrected chi connectivity index (χ3v) is 28.9. The second-order valence-electron chi connectivity index (χ2n) is 34.7. The zero-order chi connectivity index (χ0) is 61.7. The number of esters is 2. The van der Waals surface area contributed by atoms with Crippen LogP contribution in [0.5, 0.6) is 0 Å². The summed E-state index contributed by atoms with van der Waals surface area (Å²) in [6.07, 6.45) is 28.0. The summed E-state index contributed by atoms with van der Waals surface area (Å²) in [6, 6.07) is 0. The largest absolute Gasteiger partial charge is 0.462 e. The van der Waals surface area contributed by atoms with E-state index in [-0.39, 0.29) is 113 Å². The number of carbonyl (C=O) groups excluding carboxylic acids is 4. The first-order valence-corrected chi connectivity index (χ1v) is 34.8. The SMILES string of the molecule is CC(=O)O[C@H]1CC[C@]2(C)[C@H]3CC=C4[C@@H]5CC(C)(C)CC[C@]5(C(=O)NCCCOCCOCCOCCCNC(=O)[C@]56CCC(C)(C)C[C@H]5C5=CC[C@@H]7[C@@]8(C)CC[C@H](OC(C)=O)C(C)(C)[C@@H]8CC[C@@]7(C)[C@]5(C)CC6)CC[C@@]4(C)[C@]3(C)CC[C@H]2C1(C)C. The van der Waals surface area contributed by atoms with Crippen molar-refractivity contribution in [2.75, 3.05) is 52.7 Å². The highest BCUT2D eigenvalue weighted by Gasteiger charge is 2.72. The van der Waals surface area contributed by atoms with Crippen LogP contribution in [0.2, 0.25) is 0 Å². The second-order valence-corrected chi connectivity index (χ2v) is 34.7. The van der Waals surface area contributed by atoms with Crippen molar-refractivity contribution >= 4 is 23.8 Å². The van der Waals surface area contributed by atoms with Crippen LogP contribution in [0.1, 0.15) is 252 Å². The van der Waals surface area contributed by atoms with Gasteiger partial charge in [0.05, 0.1) is 37.3 Å². The van der Waals surface area contributed by atoms with Crippen molar-refractivity contribution in [1.29, 1.82) is 0 Å². The molecule has 0 bridgehead atoms. The Kier molecular flexibility index (Phi) is 17.8. The lowest BCUT2D eigenvalue weighted by Gasteiger charge is -2.71. The molecule has 0 aromatic rings. The van der Waals surface area contributed by atoms with Crippen molar-refractivity contribution in [3.8, 4) is 0 Å². The summed E-state index contributed by atoms with van der Waals surface area (Å²) in [6.45, 7) is 42.3.